The molecular weight excluding hydrogens is 292 g/mol. The molecule has 2 heterocycles. The molecule has 21 heavy (non-hydrogen) atoms. The average Bonchev–Trinajstić information content (AvgIpc) is 3.13. The molecule has 1 aliphatic rings. The molecule has 2 N–H and O–H groups in total. The molecule has 0 atom stereocenters. The van der Waals surface area contributed by atoms with Crippen LogP contribution in [0, 0.1) is 13.8 Å². The summed E-state index contributed by atoms with van der Waals surface area (Å²) >= 11 is 1.12. The lowest BCUT2D eigenvalue weighted by molar-refractivity contribution is 0.0691. The number of aromatic carboxylic acids is 1. The summed E-state index contributed by atoms with van der Waals surface area (Å²) in [5.74, 6) is -1.03. The SMILES string of the molecule is Cc1cc(C)c(C(=O)O)c(Sc2n[nH]c(=O)n2C2CC2)n1. The second-order valence-electron chi connectivity index (χ2n) is 5.08. The monoisotopic (exact) mass is 306 g/mol. The van der Waals surface area contributed by atoms with Crippen LogP contribution in [0.2, 0.25) is 0 Å². The van der Waals surface area contributed by atoms with Crippen LogP contribution >= 0.6 is 11.8 Å². The maximum atomic E-state index is 11.8. The normalized spacial score (nSPS) is 14.4. The van der Waals surface area contributed by atoms with Crippen molar-refractivity contribution in [1.29, 1.82) is 0 Å². The van der Waals surface area contributed by atoms with Crippen LogP contribution in [0.15, 0.2) is 21.0 Å². The Kier molecular flexibility index (Phi) is 3.32. The van der Waals surface area contributed by atoms with E-state index in [0.717, 1.165) is 30.3 Å². The van der Waals surface area contributed by atoms with Crippen LogP contribution in [0.25, 0.3) is 0 Å². The summed E-state index contributed by atoms with van der Waals surface area (Å²) < 4.78 is 1.58. The van der Waals surface area contributed by atoms with Gasteiger partial charge in [0.25, 0.3) is 0 Å². The molecule has 2 aromatic heterocycles. The highest BCUT2D eigenvalue weighted by Gasteiger charge is 2.29. The molecule has 0 aromatic carbocycles. The average molecular weight is 306 g/mol. The van der Waals surface area contributed by atoms with Crippen LogP contribution in [0.5, 0.6) is 0 Å². The van der Waals surface area contributed by atoms with Crippen molar-refractivity contribution in [3.8, 4) is 0 Å². The van der Waals surface area contributed by atoms with Crippen LogP contribution in [0.4, 0.5) is 0 Å². The summed E-state index contributed by atoms with van der Waals surface area (Å²) in [7, 11) is 0. The van der Waals surface area contributed by atoms with Crippen molar-refractivity contribution in [3.63, 3.8) is 0 Å². The number of pyridine rings is 1. The summed E-state index contributed by atoms with van der Waals surface area (Å²) in [6.45, 7) is 3.54. The van der Waals surface area contributed by atoms with Gasteiger partial charge in [0.15, 0.2) is 5.16 Å². The molecule has 0 aliphatic heterocycles. The molecule has 0 unspecified atom stereocenters. The van der Waals surface area contributed by atoms with Crippen LogP contribution in [-0.4, -0.2) is 30.8 Å². The number of aromatic nitrogens is 4. The third-order valence-corrected chi connectivity index (χ3v) is 4.26. The summed E-state index contributed by atoms with van der Waals surface area (Å²) in [5, 5.41) is 16.6. The van der Waals surface area contributed by atoms with Gasteiger partial charge in [-0.25, -0.2) is 19.7 Å². The maximum absolute atomic E-state index is 11.8. The summed E-state index contributed by atoms with van der Waals surface area (Å²) in [6.07, 6.45) is 1.89. The van der Waals surface area contributed by atoms with E-state index >= 15 is 0 Å². The zero-order chi connectivity index (χ0) is 15.1. The Balaban J connectivity index is 2.06. The predicted molar refractivity (Wildman–Crippen MR) is 75.9 cm³/mol. The highest BCUT2D eigenvalue weighted by Crippen LogP contribution is 2.38. The van der Waals surface area contributed by atoms with E-state index in [2.05, 4.69) is 15.2 Å². The van der Waals surface area contributed by atoms with E-state index in [9.17, 15) is 14.7 Å². The Morgan fingerprint density at radius 1 is 1.48 bits per heavy atom. The minimum absolute atomic E-state index is 0.156. The van der Waals surface area contributed by atoms with Crippen molar-refractivity contribution in [3.05, 3.63) is 33.4 Å². The van der Waals surface area contributed by atoms with E-state index in [1.807, 2.05) is 0 Å². The number of hydrogen-bond donors (Lipinski definition) is 2. The first-order valence-electron chi connectivity index (χ1n) is 6.53. The molecule has 7 nitrogen and oxygen atoms in total. The van der Waals surface area contributed by atoms with Crippen molar-refractivity contribution in [1.82, 2.24) is 19.7 Å². The van der Waals surface area contributed by atoms with Gasteiger partial charge < -0.3 is 5.11 Å². The minimum atomic E-state index is -1.03. The smallest absolute Gasteiger partial charge is 0.344 e. The molecule has 8 heteroatoms. The van der Waals surface area contributed by atoms with Crippen LogP contribution in [0.1, 0.15) is 40.5 Å². The molecule has 1 fully saturated rings. The molecule has 0 saturated heterocycles. The second-order valence-corrected chi connectivity index (χ2v) is 6.04. The van der Waals surface area contributed by atoms with Crippen molar-refractivity contribution < 1.29 is 9.90 Å². The van der Waals surface area contributed by atoms with Gasteiger partial charge in [0.1, 0.15) is 5.03 Å². The van der Waals surface area contributed by atoms with Gasteiger partial charge in [-0.05, 0) is 50.1 Å². The molecule has 3 rings (SSSR count). The quantitative estimate of drug-likeness (QED) is 0.892. The molecule has 110 valence electrons. The molecule has 1 saturated carbocycles. The number of nitrogens with zero attached hydrogens (tertiary/aromatic N) is 3. The van der Waals surface area contributed by atoms with Crippen molar-refractivity contribution >= 4 is 17.7 Å². The van der Waals surface area contributed by atoms with Crippen LogP contribution in [0.3, 0.4) is 0 Å². The number of nitrogens with one attached hydrogen (secondary N) is 1. The number of rotatable bonds is 4. The van der Waals surface area contributed by atoms with Gasteiger partial charge in [0.05, 0.1) is 5.56 Å². The van der Waals surface area contributed by atoms with E-state index in [1.54, 1.807) is 24.5 Å². The number of aromatic amines is 1. The Morgan fingerprint density at radius 3 is 2.81 bits per heavy atom. The minimum Gasteiger partial charge on any atom is -0.478 e. The van der Waals surface area contributed by atoms with E-state index < -0.39 is 5.97 Å². The largest absolute Gasteiger partial charge is 0.478 e. The Labute approximate surface area is 124 Å². The molecule has 0 amide bonds. The fourth-order valence-corrected chi connectivity index (χ4v) is 3.37. The Bertz CT molecular complexity index is 776. The van der Waals surface area contributed by atoms with Crippen molar-refractivity contribution in [2.24, 2.45) is 0 Å². The first-order valence-corrected chi connectivity index (χ1v) is 7.35. The van der Waals surface area contributed by atoms with E-state index in [0.29, 0.717) is 15.7 Å². The fraction of sp³-hybridized carbons (Fsp3) is 0.385. The molecular formula is C13H14N4O3S. The second kappa shape index (κ2) is 5.03. The van der Waals surface area contributed by atoms with E-state index in [-0.39, 0.29) is 17.3 Å². The van der Waals surface area contributed by atoms with Gasteiger partial charge >= 0.3 is 11.7 Å². The topological polar surface area (TPSA) is 101 Å². The third-order valence-electron chi connectivity index (χ3n) is 3.30. The maximum Gasteiger partial charge on any atom is 0.344 e. The molecule has 0 bridgehead atoms. The lowest BCUT2D eigenvalue weighted by Crippen LogP contribution is -2.16. The number of carbonyl (C=O) groups is 1. The Hall–Kier alpha value is -2.09. The first-order chi connectivity index (χ1) is 9.97. The zero-order valence-corrected chi connectivity index (χ0v) is 12.4. The molecule has 0 radical (unpaired) electrons. The summed E-state index contributed by atoms with van der Waals surface area (Å²) in [4.78, 5) is 27.5. The summed E-state index contributed by atoms with van der Waals surface area (Å²) in [6, 6.07) is 1.89. The highest BCUT2D eigenvalue weighted by molar-refractivity contribution is 7.99. The lowest BCUT2D eigenvalue weighted by atomic mass is 10.1. The molecule has 1 aliphatic carbocycles. The standard InChI is InChI=1S/C13H14N4O3S/c1-6-5-7(2)14-10(9(6)11(18)19)21-13-16-15-12(20)17(13)8-3-4-8/h5,8H,3-4H2,1-2H3,(H,15,20)(H,18,19). The van der Waals surface area contributed by atoms with E-state index in [4.69, 9.17) is 0 Å². The third kappa shape index (κ3) is 2.58. The number of carboxylic acid groups (broad SMARTS) is 1. The zero-order valence-electron chi connectivity index (χ0n) is 11.6. The van der Waals surface area contributed by atoms with Crippen LogP contribution < -0.4 is 5.69 Å². The Morgan fingerprint density at radius 2 is 2.19 bits per heavy atom. The van der Waals surface area contributed by atoms with Crippen molar-refractivity contribution in [2.75, 3.05) is 0 Å². The highest BCUT2D eigenvalue weighted by atomic mass is 32.2. The number of carboxylic acids is 1. The van der Waals surface area contributed by atoms with Gasteiger partial charge in [0.2, 0.25) is 0 Å². The van der Waals surface area contributed by atoms with Gasteiger partial charge in [-0.2, -0.15) is 0 Å². The lowest BCUT2D eigenvalue weighted by Gasteiger charge is -2.09. The molecule has 0 spiro atoms. The first kappa shape index (κ1) is 13.9. The van der Waals surface area contributed by atoms with Gasteiger partial charge in [0, 0.05) is 11.7 Å². The van der Waals surface area contributed by atoms with Gasteiger partial charge in [-0.15, -0.1) is 5.10 Å². The molecule has 2 aromatic rings. The van der Waals surface area contributed by atoms with Gasteiger partial charge in [-0.1, -0.05) is 0 Å². The van der Waals surface area contributed by atoms with Crippen LogP contribution in [-0.2, 0) is 0 Å². The number of hydrogen-bond acceptors (Lipinski definition) is 5. The number of aryl methyl sites for hydroxylation is 2. The van der Waals surface area contributed by atoms with E-state index in [1.165, 1.54) is 0 Å². The predicted octanol–water partition coefficient (Wildman–Crippen LogP) is 1.77. The van der Waals surface area contributed by atoms with Crippen molar-refractivity contribution in [2.45, 2.75) is 42.9 Å². The number of H-pyrrole nitrogens is 1. The van der Waals surface area contributed by atoms with Gasteiger partial charge in [-0.3, -0.25) is 4.57 Å². The fourth-order valence-electron chi connectivity index (χ4n) is 2.24. The summed E-state index contributed by atoms with van der Waals surface area (Å²) in [5.41, 5.74) is 1.27.